The highest BCUT2D eigenvalue weighted by Gasteiger charge is 2.34. The maximum Gasteiger partial charge on any atom is 0.314 e. The molecule has 150 valence electrons. The van der Waals surface area contributed by atoms with E-state index in [4.69, 9.17) is 4.74 Å². The monoisotopic (exact) mass is 382 g/mol. The fourth-order valence-electron chi connectivity index (χ4n) is 4.96. The molecule has 0 unspecified atom stereocenters. The van der Waals surface area contributed by atoms with Crippen molar-refractivity contribution < 1.29 is 22.7 Å². The van der Waals surface area contributed by atoms with Crippen LogP contribution >= 0.6 is 0 Å². The van der Waals surface area contributed by atoms with Crippen molar-refractivity contribution in [2.24, 2.45) is 23.7 Å². The molecular formula is C22H29F3O2. The molecule has 0 bridgehead atoms. The summed E-state index contributed by atoms with van der Waals surface area (Å²) in [6.07, 6.45) is 11.3. The predicted molar refractivity (Wildman–Crippen MR) is 97.8 cm³/mol. The SMILES string of the molecule is CCC[C@H]1CC[C@H]([C@H]2CC[C@H](C(=O)Oc3ccc(F)c(F)c3F)CC2)CC1. The van der Waals surface area contributed by atoms with Crippen molar-refractivity contribution in [3.05, 3.63) is 29.6 Å². The van der Waals surface area contributed by atoms with Gasteiger partial charge in [0.1, 0.15) is 0 Å². The van der Waals surface area contributed by atoms with Gasteiger partial charge in [0.25, 0.3) is 0 Å². The fourth-order valence-corrected chi connectivity index (χ4v) is 4.96. The summed E-state index contributed by atoms with van der Waals surface area (Å²) in [7, 11) is 0. The lowest BCUT2D eigenvalue weighted by atomic mass is 9.69. The van der Waals surface area contributed by atoms with E-state index in [0.717, 1.165) is 49.7 Å². The van der Waals surface area contributed by atoms with Crippen LogP contribution in [0.1, 0.15) is 71.1 Å². The van der Waals surface area contributed by atoms with E-state index in [2.05, 4.69) is 6.92 Å². The van der Waals surface area contributed by atoms with Crippen LogP contribution in [0.5, 0.6) is 5.75 Å². The molecule has 2 saturated carbocycles. The van der Waals surface area contributed by atoms with Gasteiger partial charge >= 0.3 is 5.97 Å². The first-order valence-electron chi connectivity index (χ1n) is 10.3. The van der Waals surface area contributed by atoms with E-state index in [1.165, 1.54) is 38.5 Å². The van der Waals surface area contributed by atoms with Crippen LogP contribution in [0.2, 0.25) is 0 Å². The van der Waals surface area contributed by atoms with Crippen LogP contribution in [-0.2, 0) is 4.79 Å². The van der Waals surface area contributed by atoms with Gasteiger partial charge in [-0.1, -0.05) is 32.6 Å². The number of hydrogen-bond acceptors (Lipinski definition) is 2. The van der Waals surface area contributed by atoms with Crippen LogP contribution in [0, 0.1) is 41.1 Å². The maximum absolute atomic E-state index is 13.7. The van der Waals surface area contributed by atoms with E-state index in [9.17, 15) is 18.0 Å². The number of carbonyl (C=O) groups is 1. The van der Waals surface area contributed by atoms with Crippen molar-refractivity contribution >= 4 is 5.97 Å². The van der Waals surface area contributed by atoms with Gasteiger partial charge in [0.2, 0.25) is 5.82 Å². The number of ether oxygens (including phenoxy) is 1. The fraction of sp³-hybridized carbons (Fsp3) is 0.682. The minimum absolute atomic E-state index is 0.287. The van der Waals surface area contributed by atoms with Crippen LogP contribution in [0.3, 0.4) is 0 Å². The molecule has 0 N–H and O–H groups in total. The smallest absolute Gasteiger partial charge is 0.314 e. The van der Waals surface area contributed by atoms with Crippen LogP contribution in [0.4, 0.5) is 13.2 Å². The second kappa shape index (κ2) is 9.11. The first-order valence-corrected chi connectivity index (χ1v) is 10.3. The van der Waals surface area contributed by atoms with E-state index in [1.54, 1.807) is 0 Å². The summed E-state index contributed by atoms with van der Waals surface area (Å²) in [6, 6.07) is 1.73. The van der Waals surface area contributed by atoms with E-state index in [-0.39, 0.29) is 5.92 Å². The number of benzene rings is 1. The maximum atomic E-state index is 13.7. The molecule has 3 rings (SSSR count). The Morgan fingerprint density at radius 1 is 0.926 bits per heavy atom. The molecule has 27 heavy (non-hydrogen) atoms. The molecule has 0 saturated heterocycles. The van der Waals surface area contributed by atoms with Crippen molar-refractivity contribution in [1.29, 1.82) is 0 Å². The highest BCUT2D eigenvalue weighted by atomic mass is 19.2. The predicted octanol–water partition coefficient (Wildman–Crippen LogP) is 6.42. The zero-order valence-corrected chi connectivity index (χ0v) is 16.0. The van der Waals surface area contributed by atoms with Crippen molar-refractivity contribution in [3.63, 3.8) is 0 Å². The highest BCUT2D eigenvalue weighted by molar-refractivity contribution is 5.75. The summed E-state index contributed by atoms with van der Waals surface area (Å²) in [5, 5.41) is 0. The molecule has 0 spiro atoms. The van der Waals surface area contributed by atoms with Gasteiger partial charge < -0.3 is 4.74 Å². The molecule has 0 amide bonds. The Labute approximate surface area is 159 Å². The Kier molecular flexibility index (Phi) is 6.83. The average molecular weight is 382 g/mol. The van der Waals surface area contributed by atoms with Gasteiger partial charge in [-0.25, -0.2) is 8.78 Å². The molecule has 1 aromatic rings. The third-order valence-corrected chi connectivity index (χ3v) is 6.57. The average Bonchev–Trinajstić information content (AvgIpc) is 2.69. The molecular weight excluding hydrogens is 353 g/mol. The molecule has 5 heteroatoms. The molecule has 0 atom stereocenters. The van der Waals surface area contributed by atoms with Gasteiger partial charge in [-0.05, 0) is 68.4 Å². The summed E-state index contributed by atoms with van der Waals surface area (Å²) >= 11 is 0. The molecule has 2 nitrogen and oxygen atoms in total. The van der Waals surface area contributed by atoms with Crippen molar-refractivity contribution in [1.82, 2.24) is 0 Å². The zero-order chi connectivity index (χ0) is 19.4. The minimum atomic E-state index is -1.61. The second-order valence-electron chi connectivity index (χ2n) is 8.28. The topological polar surface area (TPSA) is 26.3 Å². The third kappa shape index (κ3) is 4.85. The Balaban J connectivity index is 1.48. The van der Waals surface area contributed by atoms with E-state index < -0.39 is 29.2 Å². The summed E-state index contributed by atoms with van der Waals surface area (Å²) < 4.78 is 45.0. The second-order valence-corrected chi connectivity index (χ2v) is 8.28. The standard InChI is InChI=1S/C22H29F3O2/c1-2-3-14-4-6-15(7-5-14)16-8-10-17(11-9-16)22(26)27-19-13-12-18(23)20(24)21(19)25/h12-17H,2-11H2,1H3/t14-,15-,16-,17-. The van der Waals surface area contributed by atoms with Crippen LogP contribution < -0.4 is 4.74 Å². The number of rotatable bonds is 5. The van der Waals surface area contributed by atoms with E-state index in [1.807, 2.05) is 0 Å². The number of hydrogen-bond donors (Lipinski definition) is 0. The van der Waals surface area contributed by atoms with Crippen molar-refractivity contribution in [2.75, 3.05) is 0 Å². The number of esters is 1. The molecule has 0 aromatic heterocycles. The molecule has 0 heterocycles. The summed E-state index contributed by atoms with van der Waals surface area (Å²) in [6.45, 7) is 2.25. The normalized spacial score (nSPS) is 28.7. The first-order chi connectivity index (χ1) is 13.0. The van der Waals surface area contributed by atoms with Crippen molar-refractivity contribution in [3.8, 4) is 5.75 Å². The van der Waals surface area contributed by atoms with Gasteiger partial charge in [-0.3, -0.25) is 4.79 Å². The molecule has 2 fully saturated rings. The highest BCUT2D eigenvalue weighted by Crippen LogP contribution is 2.42. The Morgan fingerprint density at radius 3 is 2.11 bits per heavy atom. The van der Waals surface area contributed by atoms with Gasteiger partial charge in [0.05, 0.1) is 5.92 Å². The minimum Gasteiger partial charge on any atom is -0.423 e. The quantitative estimate of drug-likeness (QED) is 0.334. The lowest BCUT2D eigenvalue weighted by Crippen LogP contribution is -2.30. The first kappa shape index (κ1) is 20.2. The largest absolute Gasteiger partial charge is 0.423 e. The lowest BCUT2D eigenvalue weighted by molar-refractivity contribution is -0.140. The van der Waals surface area contributed by atoms with E-state index in [0.29, 0.717) is 5.92 Å². The number of carbonyl (C=O) groups excluding carboxylic acids is 1. The van der Waals surface area contributed by atoms with Crippen LogP contribution in [0.15, 0.2) is 12.1 Å². The van der Waals surface area contributed by atoms with Gasteiger partial charge in [0, 0.05) is 0 Å². The van der Waals surface area contributed by atoms with Gasteiger partial charge in [0.15, 0.2) is 17.4 Å². The molecule has 2 aliphatic carbocycles. The Morgan fingerprint density at radius 2 is 1.52 bits per heavy atom. The third-order valence-electron chi connectivity index (χ3n) is 6.57. The van der Waals surface area contributed by atoms with Crippen LogP contribution in [-0.4, -0.2) is 5.97 Å². The number of halogens is 3. The molecule has 0 radical (unpaired) electrons. The molecule has 1 aromatic carbocycles. The summed E-state index contributed by atoms with van der Waals surface area (Å²) in [5.74, 6) is -3.38. The summed E-state index contributed by atoms with van der Waals surface area (Å²) in [5.41, 5.74) is 0. The van der Waals surface area contributed by atoms with Crippen molar-refractivity contribution in [2.45, 2.75) is 71.1 Å². The molecule has 2 aliphatic rings. The van der Waals surface area contributed by atoms with E-state index >= 15 is 0 Å². The summed E-state index contributed by atoms with van der Waals surface area (Å²) in [4.78, 5) is 12.3. The van der Waals surface area contributed by atoms with Gasteiger partial charge in [-0.2, -0.15) is 4.39 Å². The van der Waals surface area contributed by atoms with Gasteiger partial charge in [-0.15, -0.1) is 0 Å². The van der Waals surface area contributed by atoms with Crippen LogP contribution in [0.25, 0.3) is 0 Å². The Hall–Kier alpha value is -1.52. The Bertz CT molecular complexity index is 645. The zero-order valence-electron chi connectivity index (χ0n) is 16.0. The molecule has 0 aliphatic heterocycles. The lowest BCUT2D eigenvalue weighted by Gasteiger charge is -2.37.